The highest BCUT2D eigenvalue weighted by molar-refractivity contribution is 5.93. The Hall–Kier alpha value is -4.45. The van der Waals surface area contributed by atoms with Crippen LogP contribution >= 0.6 is 0 Å². The van der Waals surface area contributed by atoms with E-state index in [2.05, 4.69) is 16.0 Å². The topological polar surface area (TPSA) is 180 Å². The Kier molecular flexibility index (Phi) is 11.2. The Morgan fingerprint density at radius 2 is 1.63 bits per heavy atom. The number of nitrogens with zero attached hydrogens (tertiary/aromatic N) is 1. The van der Waals surface area contributed by atoms with Crippen molar-refractivity contribution in [3.63, 3.8) is 0 Å². The van der Waals surface area contributed by atoms with Crippen molar-refractivity contribution in [1.29, 1.82) is 0 Å². The Morgan fingerprint density at radius 1 is 1.02 bits per heavy atom. The molecule has 1 aliphatic heterocycles. The summed E-state index contributed by atoms with van der Waals surface area (Å²) in [4.78, 5) is 65.3. The van der Waals surface area contributed by atoms with Crippen LogP contribution in [0.3, 0.4) is 0 Å². The average Bonchev–Trinajstić information content (AvgIpc) is 3.28. The number of nitrogens with two attached hydrogens (primary N) is 1. The number of esters is 1. The number of likely N-dealkylation sites (tertiary alicyclic amines) is 1. The molecule has 0 unspecified atom stereocenters. The maximum absolute atomic E-state index is 13.4. The molecule has 1 heterocycles. The maximum atomic E-state index is 13.4. The van der Waals surface area contributed by atoms with Crippen molar-refractivity contribution in [2.75, 3.05) is 6.54 Å². The molecule has 232 valence electrons. The van der Waals surface area contributed by atoms with Crippen LogP contribution in [0.2, 0.25) is 0 Å². The number of ether oxygens (including phenoxy) is 1. The van der Waals surface area contributed by atoms with Crippen LogP contribution < -0.4 is 21.7 Å². The molecular formula is C31H41N5O7. The lowest BCUT2D eigenvalue weighted by Gasteiger charge is -2.37. The Morgan fingerprint density at radius 3 is 2.21 bits per heavy atom. The minimum Gasteiger partial charge on any atom is -0.456 e. The molecule has 0 spiro atoms. The normalized spacial score (nSPS) is 18.8. The van der Waals surface area contributed by atoms with Crippen molar-refractivity contribution in [3.8, 4) is 0 Å². The lowest BCUT2D eigenvalue weighted by atomic mass is 10.0. The molecule has 43 heavy (non-hydrogen) atoms. The minimum atomic E-state index is -2.51. The summed E-state index contributed by atoms with van der Waals surface area (Å²) < 4.78 is 5.47. The van der Waals surface area contributed by atoms with E-state index < -0.39 is 59.6 Å². The first kappa shape index (κ1) is 33.1. The van der Waals surface area contributed by atoms with Crippen molar-refractivity contribution in [2.45, 2.75) is 82.8 Å². The molecule has 3 rings (SSSR count). The number of carbonyl (C=O) groups is 5. The number of hydrogen-bond donors (Lipinski definition) is 5. The first-order valence-electron chi connectivity index (χ1n) is 14.3. The summed E-state index contributed by atoms with van der Waals surface area (Å²) in [5, 5.41) is 19.3. The van der Waals surface area contributed by atoms with Crippen LogP contribution in [0.4, 0.5) is 4.79 Å². The Labute approximate surface area is 251 Å². The Balaban J connectivity index is 1.73. The number of amides is 5. The molecule has 3 atom stereocenters. The molecule has 0 aliphatic carbocycles. The fraction of sp³-hybridized carbons (Fsp3) is 0.452. The number of hydrogen-bond acceptors (Lipinski definition) is 7. The number of primary amides is 1. The summed E-state index contributed by atoms with van der Waals surface area (Å²) in [5.41, 5.74) is 3.68. The zero-order chi connectivity index (χ0) is 31.6. The van der Waals surface area contributed by atoms with Crippen molar-refractivity contribution >= 4 is 29.7 Å². The zero-order valence-corrected chi connectivity index (χ0v) is 24.8. The summed E-state index contributed by atoms with van der Waals surface area (Å²) in [6, 6.07) is 15.2. The number of aliphatic hydroxyl groups is 1. The molecule has 6 N–H and O–H groups in total. The first-order valence-corrected chi connectivity index (χ1v) is 14.3. The van der Waals surface area contributed by atoms with Gasteiger partial charge >= 0.3 is 12.0 Å². The molecule has 1 saturated heterocycles. The third-order valence-corrected chi connectivity index (χ3v) is 6.88. The van der Waals surface area contributed by atoms with E-state index >= 15 is 0 Å². The van der Waals surface area contributed by atoms with Gasteiger partial charge in [0.25, 0.3) is 5.72 Å². The van der Waals surface area contributed by atoms with Crippen molar-refractivity contribution in [2.24, 2.45) is 5.73 Å². The van der Waals surface area contributed by atoms with Crippen LogP contribution in [0.5, 0.6) is 0 Å². The molecule has 0 bridgehead atoms. The molecule has 12 heteroatoms. The lowest BCUT2D eigenvalue weighted by Crippen LogP contribution is -2.65. The predicted molar refractivity (Wildman–Crippen MR) is 158 cm³/mol. The summed E-state index contributed by atoms with van der Waals surface area (Å²) in [7, 11) is 0. The number of urea groups is 1. The van der Waals surface area contributed by atoms with E-state index in [0.717, 1.165) is 16.0 Å². The van der Waals surface area contributed by atoms with Gasteiger partial charge < -0.3 is 36.4 Å². The molecule has 2 aromatic rings. The van der Waals surface area contributed by atoms with E-state index in [1.54, 1.807) is 32.9 Å². The smallest absolute Gasteiger partial charge is 0.362 e. The molecule has 1 fully saturated rings. The zero-order valence-electron chi connectivity index (χ0n) is 24.8. The predicted octanol–water partition coefficient (Wildman–Crippen LogP) is 1.50. The van der Waals surface area contributed by atoms with E-state index in [4.69, 9.17) is 10.5 Å². The van der Waals surface area contributed by atoms with Gasteiger partial charge in [-0.3, -0.25) is 14.4 Å². The van der Waals surface area contributed by atoms with Crippen LogP contribution in [-0.2, 0) is 36.9 Å². The van der Waals surface area contributed by atoms with Crippen molar-refractivity contribution < 1.29 is 33.8 Å². The SMILES string of the molecule is CC(C)(C)OC(=O)[C@@]1(O)[C@@H](NC(=O)[C@H](CC(N)=O)NC(=O)NCc2ccccc2)CCN1C(=O)CCCc1ccccc1. The van der Waals surface area contributed by atoms with Gasteiger partial charge in [-0.25, -0.2) is 9.59 Å². The van der Waals surface area contributed by atoms with E-state index in [-0.39, 0.29) is 25.9 Å². The van der Waals surface area contributed by atoms with E-state index in [1.807, 2.05) is 48.5 Å². The monoisotopic (exact) mass is 595 g/mol. The molecule has 0 saturated carbocycles. The van der Waals surface area contributed by atoms with Crippen LogP contribution in [0.25, 0.3) is 0 Å². The highest BCUT2D eigenvalue weighted by Crippen LogP contribution is 2.31. The molecule has 12 nitrogen and oxygen atoms in total. The first-order chi connectivity index (χ1) is 20.3. The van der Waals surface area contributed by atoms with Crippen LogP contribution in [-0.4, -0.2) is 69.7 Å². The van der Waals surface area contributed by atoms with E-state index in [9.17, 15) is 29.1 Å². The fourth-order valence-corrected chi connectivity index (χ4v) is 4.80. The summed E-state index contributed by atoms with van der Waals surface area (Å²) >= 11 is 0. The van der Waals surface area contributed by atoms with Gasteiger partial charge in [-0.1, -0.05) is 60.7 Å². The number of carbonyl (C=O) groups excluding carboxylic acids is 5. The molecule has 0 aromatic heterocycles. The highest BCUT2D eigenvalue weighted by atomic mass is 16.6. The lowest BCUT2D eigenvalue weighted by molar-refractivity contribution is -0.200. The number of rotatable bonds is 12. The van der Waals surface area contributed by atoms with Gasteiger partial charge in [0.2, 0.25) is 17.7 Å². The summed E-state index contributed by atoms with van der Waals surface area (Å²) in [5.74, 6) is -3.29. The maximum Gasteiger partial charge on any atom is 0.362 e. The largest absolute Gasteiger partial charge is 0.456 e. The summed E-state index contributed by atoms with van der Waals surface area (Å²) in [6.45, 7) is 4.98. The van der Waals surface area contributed by atoms with E-state index in [1.165, 1.54) is 0 Å². The van der Waals surface area contributed by atoms with Gasteiger partial charge in [0.15, 0.2) is 0 Å². The molecular weight excluding hydrogens is 554 g/mol. The highest BCUT2D eigenvalue weighted by Gasteiger charge is 2.58. The van der Waals surface area contributed by atoms with Gasteiger partial charge in [0, 0.05) is 19.5 Å². The number of aryl methyl sites for hydroxylation is 1. The van der Waals surface area contributed by atoms with Crippen LogP contribution in [0.15, 0.2) is 60.7 Å². The van der Waals surface area contributed by atoms with Gasteiger partial charge in [0.1, 0.15) is 11.6 Å². The number of nitrogens with one attached hydrogen (secondary N) is 3. The fourth-order valence-electron chi connectivity index (χ4n) is 4.80. The third-order valence-electron chi connectivity index (χ3n) is 6.88. The molecule has 5 amide bonds. The quantitative estimate of drug-likeness (QED) is 0.231. The average molecular weight is 596 g/mol. The third kappa shape index (κ3) is 9.53. The minimum absolute atomic E-state index is 0.0232. The van der Waals surface area contributed by atoms with Crippen LogP contribution in [0.1, 0.15) is 57.6 Å². The number of benzene rings is 2. The Bertz CT molecular complexity index is 1280. The van der Waals surface area contributed by atoms with Crippen LogP contribution in [0, 0.1) is 0 Å². The standard InChI is InChI=1S/C31H41N5O7/c1-30(2,3)43-28(40)31(42)24(17-18-36(31)26(38)16-10-15-21-11-6-4-7-12-21)35-27(39)23(19-25(32)37)34-29(41)33-20-22-13-8-5-9-14-22/h4-9,11-14,23-24,42H,10,15-20H2,1-3H3,(H2,32,37)(H,35,39)(H2,33,34,41)/t23-,24-,31-/m0/s1. The van der Waals surface area contributed by atoms with Gasteiger partial charge in [0.05, 0.1) is 12.5 Å². The molecule has 1 aliphatic rings. The van der Waals surface area contributed by atoms with Crippen molar-refractivity contribution in [1.82, 2.24) is 20.9 Å². The van der Waals surface area contributed by atoms with Gasteiger partial charge in [-0.05, 0) is 51.2 Å². The molecule has 0 radical (unpaired) electrons. The second kappa shape index (κ2) is 14.6. The van der Waals surface area contributed by atoms with Gasteiger partial charge in [-0.15, -0.1) is 0 Å². The molecule has 2 aromatic carbocycles. The van der Waals surface area contributed by atoms with E-state index in [0.29, 0.717) is 12.8 Å². The summed E-state index contributed by atoms with van der Waals surface area (Å²) in [6.07, 6.45) is 0.634. The second-order valence-corrected chi connectivity index (χ2v) is 11.5. The van der Waals surface area contributed by atoms with Gasteiger partial charge in [-0.2, -0.15) is 0 Å². The second-order valence-electron chi connectivity index (χ2n) is 11.5. The van der Waals surface area contributed by atoms with Crippen molar-refractivity contribution in [3.05, 3.63) is 71.8 Å².